The summed E-state index contributed by atoms with van der Waals surface area (Å²) in [6.45, 7) is 3.92. The van der Waals surface area contributed by atoms with Crippen molar-refractivity contribution >= 4 is 22.7 Å². The summed E-state index contributed by atoms with van der Waals surface area (Å²) >= 11 is 0. The lowest BCUT2D eigenvalue weighted by atomic mass is 10.1. The molecule has 170 valence electrons. The number of oxazole rings is 1. The lowest BCUT2D eigenvalue weighted by Crippen LogP contribution is -2.48. The van der Waals surface area contributed by atoms with E-state index in [9.17, 15) is 19.7 Å². The van der Waals surface area contributed by atoms with E-state index in [1.54, 1.807) is 0 Å². The fourth-order valence-corrected chi connectivity index (χ4v) is 4.03. The standard InChI is InChI=1S/C23H23N5O5/c24-15-17-3-5-18(6-4-17)16-25-10-12-26(13-11-25)22(29)2-1-9-27-20-8-7-19(28(31)32)14-21(20)33-23(27)30/h3-8,14H,1-2,9-13,16H2. The van der Waals surface area contributed by atoms with Gasteiger partial charge in [0, 0.05) is 51.8 Å². The summed E-state index contributed by atoms with van der Waals surface area (Å²) in [7, 11) is 0. The Balaban J connectivity index is 1.26. The molecule has 0 bridgehead atoms. The number of nitriles is 1. The highest BCUT2D eigenvalue weighted by Gasteiger charge is 2.21. The number of non-ortho nitro benzene ring substituents is 1. The summed E-state index contributed by atoms with van der Waals surface area (Å²) in [6, 6.07) is 13.7. The first kappa shape index (κ1) is 22.2. The maximum atomic E-state index is 12.6. The van der Waals surface area contributed by atoms with E-state index < -0.39 is 10.7 Å². The Morgan fingerprint density at radius 2 is 1.85 bits per heavy atom. The number of piperazine rings is 1. The van der Waals surface area contributed by atoms with Gasteiger partial charge in [-0.2, -0.15) is 5.26 Å². The largest absolute Gasteiger partial charge is 0.419 e. The van der Waals surface area contributed by atoms with Gasteiger partial charge in [0.25, 0.3) is 5.69 Å². The van der Waals surface area contributed by atoms with E-state index in [1.807, 2.05) is 29.2 Å². The molecule has 33 heavy (non-hydrogen) atoms. The maximum Gasteiger partial charge on any atom is 0.419 e. The molecular weight excluding hydrogens is 426 g/mol. The van der Waals surface area contributed by atoms with Crippen molar-refractivity contribution in [3.8, 4) is 6.07 Å². The molecule has 10 nitrogen and oxygen atoms in total. The molecule has 0 saturated carbocycles. The fourth-order valence-electron chi connectivity index (χ4n) is 4.03. The summed E-state index contributed by atoms with van der Waals surface area (Å²) in [6.07, 6.45) is 0.775. The van der Waals surface area contributed by atoms with E-state index in [0.717, 1.165) is 25.2 Å². The maximum absolute atomic E-state index is 12.6. The third-order valence-electron chi connectivity index (χ3n) is 5.85. The van der Waals surface area contributed by atoms with Crippen LogP contribution in [0.15, 0.2) is 51.7 Å². The van der Waals surface area contributed by atoms with Crippen molar-refractivity contribution in [2.24, 2.45) is 0 Å². The highest BCUT2D eigenvalue weighted by Crippen LogP contribution is 2.20. The van der Waals surface area contributed by atoms with Crippen LogP contribution in [0, 0.1) is 21.4 Å². The number of rotatable bonds is 7. The smallest absolute Gasteiger partial charge is 0.407 e. The third kappa shape index (κ3) is 5.10. The number of hydrogen-bond donors (Lipinski definition) is 0. The fraction of sp³-hybridized carbons (Fsp3) is 0.348. The molecule has 10 heteroatoms. The van der Waals surface area contributed by atoms with E-state index >= 15 is 0 Å². The van der Waals surface area contributed by atoms with E-state index in [0.29, 0.717) is 43.6 Å². The number of nitrogens with zero attached hydrogens (tertiary/aromatic N) is 5. The van der Waals surface area contributed by atoms with Crippen molar-refractivity contribution < 1.29 is 14.1 Å². The summed E-state index contributed by atoms with van der Waals surface area (Å²) in [5.74, 6) is -0.543. The topological polar surface area (TPSA) is 126 Å². The molecule has 2 aromatic carbocycles. The number of carbonyl (C=O) groups excluding carboxylic acids is 1. The monoisotopic (exact) mass is 449 g/mol. The van der Waals surface area contributed by atoms with E-state index in [4.69, 9.17) is 9.68 Å². The molecule has 0 atom stereocenters. The second kappa shape index (κ2) is 9.67. The van der Waals surface area contributed by atoms with Crippen molar-refractivity contribution in [2.75, 3.05) is 26.2 Å². The van der Waals surface area contributed by atoms with Gasteiger partial charge in [-0.1, -0.05) is 12.1 Å². The molecule has 4 rings (SSSR count). The van der Waals surface area contributed by atoms with Crippen LogP contribution < -0.4 is 5.76 Å². The second-order valence-corrected chi connectivity index (χ2v) is 8.00. The van der Waals surface area contributed by atoms with Gasteiger partial charge in [-0.15, -0.1) is 0 Å². The zero-order valence-electron chi connectivity index (χ0n) is 18.0. The van der Waals surface area contributed by atoms with Gasteiger partial charge in [0.1, 0.15) is 0 Å². The van der Waals surface area contributed by atoms with Crippen molar-refractivity contribution in [3.63, 3.8) is 0 Å². The number of hydrogen-bond acceptors (Lipinski definition) is 7. The van der Waals surface area contributed by atoms with Gasteiger partial charge in [-0.25, -0.2) is 4.79 Å². The number of aromatic nitrogens is 1. The Bertz CT molecular complexity index is 1260. The highest BCUT2D eigenvalue weighted by molar-refractivity contribution is 5.77. The van der Waals surface area contributed by atoms with E-state index in [-0.39, 0.29) is 17.2 Å². The van der Waals surface area contributed by atoms with Gasteiger partial charge in [0.15, 0.2) is 5.58 Å². The Labute approximate surface area is 189 Å². The molecule has 0 N–H and O–H groups in total. The number of nitro benzene ring substituents is 1. The zero-order valence-corrected chi connectivity index (χ0v) is 18.0. The summed E-state index contributed by atoms with van der Waals surface area (Å²) in [5, 5.41) is 19.8. The Kier molecular flexibility index (Phi) is 6.51. The van der Waals surface area contributed by atoms with Crippen LogP contribution in [-0.2, 0) is 17.9 Å². The number of fused-ring (bicyclic) bond motifs is 1. The van der Waals surface area contributed by atoms with Crippen LogP contribution in [0.25, 0.3) is 11.1 Å². The number of amides is 1. The van der Waals surface area contributed by atoms with Crippen LogP contribution in [0.2, 0.25) is 0 Å². The predicted octanol–water partition coefficient (Wildman–Crippen LogP) is 2.50. The molecule has 1 amide bonds. The highest BCUT2D eigenvalue weighted by atomic mass is 16.6. The van der Waals surface area contributed by atoms with Crippen molar-refractivity contribution in [1.29, 1.82) is 5.26 Å². The third-order valence-corrected chi connectivity index (χ3v) is 5.85. The summed E-state index contributed by atoms with van der Waals surface area (Å²) < 4.78 is 6.53. The van der Waals surface area contributed by atoms with Crippen molar-refractivity contribution in [1.82, 2.24) is 14.4 Å². The van der Waals surface area contributed by atoms with Gasteiger partial charge in [-0.3, -0.25) is 24.4 Å². The minimum atomic E-state index is -0.589. The van der Waals surface area contributed by atoms with Crippen LogP contribution in [0.5, 0.6) is 0 Å². The Hall–Kier alpha value is -3.97. The molecule has 1 saturated heterocycles. The first-order valence-electron chi connectivity index (χ1n) is 10.7. The number of aryl methyl sites for hydroxylation is 1. The first-order valence-corrected chi connectivity index (χ1v) is 10.7. The van der Waals surface area contributed by atoms with Crippen molar-refractivity contribution in [2.45, 2.75) is 25.9 Å². The Morgan fingerprint density at radius 3 is 2.52 bits per heavy atom. The molecule has 3 aromatic rings. The van der Waals surface area contributed by atoms with E-state index in [1.165, 1.54) is 22.8 Å². The number of benzene rings is 2. The molecule has 1 fully saturated rings. The van der Waals surface area contributed by atoms with Gasteiger partial charge >= 0.3 is 5.76 Å². The van der Waals surface area contributed by atoms with Crippen LogP contribution in [0.3, 0.4) is 0 Å². The van der Waals surface area contributed by atoms with Crippen molar-refractivity contribution in [3.05, 3.63) is 74.3 Å². The van der Waals surface area contributed by atoms with Crippen LogP contribution >= 0.6 is 0 Å². The average Bonchev–Trinajstić information content (AvgIpc) is 3.14. The summed E-state index contributed by atoms with van der Waals surface area (Å²) in [4.78, 5) is 39.2. The molecule has 2 heterocycles. The molecular formula is C23H23N5O5. The van der Waals surface area contributed by atoms with Crippen LogP contribution in [0.4, 0.5) is 5.69 Å². The minimum Gasteiger partial charge on any atom is -0.407 e. The predicted molar refractivity (Wildman–Crippen MR) is 119 cm³/mol. The van der Waals surface area contributed by atoms with Gasteiger partial charge < -0.3 is 9.32 Å². The quantitative estimate of drug-likeness (QED) is 0.401. The SMILES string of the molecule is N#Cc1ccc(CN2CCN(C(=O)CCCn3c(=O)oc4cc([N+](=O)[O-])ccc43)CC2)cc1. The normalized spacial score (nSPS) is 14.3. The molecule has 1 aromatic heterocycles. The molecule has 0 spiro atoms. The number of carbonyl (C=O) groups is 1. The van der Waals surface area contributed by atoms with Gasteiger partial charge in [0.05, 0.1) is 28.1 Å². The molecule has 0 radical (unpaired) electrons. The molecule has 1 aliphatic heterocycles. The van der Waals surface area contributed by atoms with Gasteiger partial charge in [0.2, 0.25) is 5.91 Å². The van der Waals surface area contributed by atoms with E-state index in [2.05, 4.69) is 11.0 Å². The number of nitro groups is 1. The molecule has 1 aliphatic rings. The first-order chi connectivity index (χ1) is 15.9. The lowest BCUT2D eigenvalue weighted by Gasteiger charge is -2.34. The van der Waals surface area contributed by atoms with Crippen LogP contribution in [0.1, 0.15) is 24.0 Å². The molecule has 0 unspecified atom stereocenters. The van der Waals surface area contributed by atoms with Crippen LogP contribution in [-0.4, -0.2) is 51.4 Å². The minimum absolute atomic E-state index is 0.0458. The lowest BCUT2D eigenvalue weighted by molar-refractivity contribution is -0.384. The van der Waals surface area contributed by atoms with Gasteiger partial charge in [-0.05, 0) is 30.2 Å². The average molecular weight is 449 g/mol. The summed E-state index contributed by atoms with van der Waals surface area (Å²) in [5.41, 5.74) is 2.28. The Morgan fingerprint density at radius 1 is 1.12 bits per heavy atom. The molecule has 0 aliphatic carbocycles. The second-order valence-electron chi connectivity index (χ2n) is 8.00. The zero-order chi connectivity index (χ0) is 23.4.